The molecule has 3 rings (SSSR count). The topological polar surface area (TPSA) is 119 Å². The van der Waals surface area contributed by atoms with Crippen LogP contribution in [-0.4, -0.2) is 31.8 Å². The van der Waals surface area contributed by atoms with E-state index in [1.807, 2.05) is 0 Å². The molecule has 2 aromatic heterocycles. The Morgan fingerprint density at radius 2 is 2.19 bits per heavy atom. The number of nitrogens with one attached hydrogen (secondary N) is 2. The number of nitrogens with zero attached hydrogens (tertiary/aromatic N) is 3. The second-order valence-electron chi connectivity index (χ2n) is 5.08. The molecule has 21 heavy (non-hydrogen) atoms. The molecule has 2 amide bonds. The molecule has 1 aliphatic rings. The van der Waals surface area contributed by atoms with E-state index in [1.165, 1.54) is 10.9 Å². The summed E-state index contributed by atoms with van der Waals surface area (Å²) in [7, 11) is 0. The Morgan fingerprint density at radius 3 is 3.00 bits per heavy atom. The zero-order valence-corrected chi connectivity index (χ0v) is 11.4. The summed E-state index contributed by atoms with van der Waals surface area (Å²) in [5, 5.41) is 13.7. The fourth-order valence-electron chi connectivity index (χ4n) is 2.53. The van der Waals surface area contributed by atoms with Crippen LogP contribution in [0.25, 0.3) is 0 Å². The Morgan fingerprint density at radius 1 is 1.38 bits per heavy atom. The molecule has 2 heterocycles. The van der Waals surface area contributed by atoms with Gasteiger partial charge in [-0.15, -0.1) is 0 Å². The number of rotatable bonds is 4. The molecule has 0 saturated heterocycles. The first-order valence-corrected chi connectivity index (χ1v) is 6.81. The maximum absolute atomic E-state index is 12.3. The Bertz CT molecular complexity index is 687. The number of hydrogen-bond donors (Lipinski definition) is 3. The molecule has 0 unspecified atom stereocenters. The number of hydrogen-bond acceptors (Lipinski definition) is 4. The third-order valence-corrected chi connectivity index (χ3v) is 3.48. The van der Waals surface area contributed by atoms with Crippen molar-refractivity contribution in [1.82, 2.24) is 20.0 Å². The van der Waals surface area contributed by atoms with Gasteiger partial charge in [0.1, 0.15) is 6.54 Å². The van der Waals surface area contributed by atoms with Gasteiger partial charge in [0.25, 0.3) is 5.91 Å². The molecule has 8 heteroatoms. The molecule has 0 fully saturated rings. The van der Waals surface area contributed by atoms with Gasteiger partial charge in [-0.3, -0.25) is 19.4 Å². The minimum atomic E-state index is -0.489. The van der Waals surface area contributed by atoms with Crippen LogP contribution in [0.3, 0.4) is 0 Å². The van der Waals surface area contributed by atoms with Gasteiger partial charge >= 0.3 is 0 Å². The van der Waals surface area contributed by atoms with Crippen LogP contribution >= 0.6 is 0 Å². The van der Waals surface area contributed by atoms with Crippen molar-refractivity contribution in [2.24, 2.45) is 5.73 Å². The quantitative estimate of drug-likeness (QED) is 0.745. The highest BCUT2D eigenvalue weighted by atomic mass is 16.2. The van der Waals surface area contributed by atoms with Crippen molar-refractivity contribution in [3.05, 3.63) is 29.3 Å². The molecule has 0 saturated carbocycles. The highest BCUT2D eigenvalue weighted by Crippen LogP contribution is 2.22. The molecular formula is C13H16N6O2. The summed E-state index contributed by atoms with van der Waals surface area (Å²) in [6.07, 6.45) is 7.03. The normalized spacial score (nSPS) is 13.7. The van der Waals surface area contributed by atoms with Crippen molar-refractivity contribution in [2.45, 2.75) is 32.2 Å². The first-order chi connectivity index (χ1) is 10.1. The molecule has 0 bridgehead atoms. The molecule has 110 valence electrons. The van der Waals surface area contributed by atoms with Crippen LogP contribution in [0, 0.1) is 0 Å². The van der Waals surface area contributed by atoms with Gasteiger partial charge in [0.15, 0.2) is 5.69 Å². The summed E-state index contributed by atoms with van der Waals surface area (Å²) >= 11 is 0. The number of primary amides is 1. The van der Waals surface area contributed by atoms with E-state index in [0.717, 1.165) is 36.9 Å². The molecular weight excluding hydrogens is 272 g/mol. The van der Waals surface area contributed by atoms with Gasteiger partial charge in [-0.25, -0.2) is 0 Å². The fourth-order valence-corrected chi connectivity index (χ4v) is 2.53. The summed E-state index contributed by atoms with van der Waals surface area (Å²) in [6, 6.07) is 0. The fraction of sp³-hybridized carbons (Fsp3) is 0.385. The number of fused-ring (bicyclic) bond motifs is 1. The first kappa shape index (κ1) is 13.3. The van der Waals surface area contributed by atoms with Crippen LogP contribution in [-0.2, 0) is 24.2 Å². The van der Waals surface area contributed by atoms with Crippen molar-refractivity contribution < 1.29 is 9.59 Å². The Kier molecular flexibility index (Phi) is 3.43. The highest BCUT2D eigenvalue weighted by Gasteiger charge is 2.21. The van der Waals surface area contributed by atoms with Gasteiger partial charge in [0.05, 0.1) is 11.9 Å². The van der Waals surface area contributed by atoms with Crippen LogP contribution < -0.4 is 11.1 Å². The lowest BCUT2D eigenvalue weighted by Gasteiger charge is -2.10. The largest absolute Gasteiger partial charge is 0.368 e. The Labute approximate surface area is 120 Å². The smallest absolute Gasteiger partial charge is 0.276 e. The van der Waals surface area contributed by atoms with E-state index in [0.29, 0.717) is 11.4 Å². The van der Waals surface area contributed by atoms with E-state index in [4.69, 9.17) is 5.73 Å². The number of aryl methyl sites for hydroxylation is 1. The van der Waals surface area contributed by atoms with E-state index in [2.05, 4.69) is 20.6 Å². The molecule has 0 atom stereocenters. The lowest BCUT2D eigenvalue weighted by atomic mass is 9.96. The predicted molar refractivity (Wildman–Crippen MR) is 74.6 cm³/mol. The second kappa shape index (κ2) is 5.39. The van der Waals surface area contributed by atoms with Crippen molar-refractivity contribution in [2.75, 3.05) is 5.32 Å². The standard InChI is InChI=1S/C13H16N6O2/c14-11(20)7-19-6-8(5-15-19)16-13(21)12-9-3-1-2-4-10(9)17-18-12/h5-6H,1-4,7H2,(H2,14,20)(H,16,21)(H,17,18). The third-order valence-electron chi connectivity index (χ3n) is 3.48. The third kappa shape index (κ3) is 2.78. The van der Waals surface area contributed by atoms with Gasteiger partial charge in [-0.2, -0.15) is 10.2 Å². The molecule has 0 spiro atoms. The van der Waals surface area contributed by atoms with E-state index < -0.39 is 5.91 Å². The SMILES string of the molecule is NC(=O)Cn1cc(NC(=O)c2n[nH]c3c2CCCC3)cn1. The van der Waals surface area contributed by atoms with Crippen molar-refractivity contribution in [3.8, 4) is 0 Å². The lowest BCUT2D eigenvalue weighted by Crippen LogP contribution is -2.19. The van der Waals surface area contributed by atoms with Crippen molar-refractivity contribution >= 4 is 17.5 Å². The van der Waals surface area contributed by atoms with E-state index >= 15 is 0 Å². The summed E-state index contributed by atoms with van der Waals surface area (Å²) in [5.74, 6) is -0.759. The highest BCUT2D eigenvalue weighted by molar-refractivity contribution is 6.03. The minimum Gasteiger partial charge on any atom is -0.368 e. The number of nitrogens with two attached hydrogens (primary N) is 1. The Hall–Kier alpha value is -2.64. The molecule has 8 nitrogen and oxygen atoms in total. The van der Waals surface area contributed by atoms with E-state index in [9.17, 15) is 9.59 Å². The van der Waals surface area contributed by atoms with Crippen molar-refractivity contribution in [3.63, 3.8) is 0 Å². The zero-order valence-electron chi connectivity index (χ0n) is 11.4. The van der Waals surface area contributed by atoms with Crippen LogP contribution in [0.5, 0.6) is 0 Å². The average Bonchev–Trinajstić information content (AvgIpc) is 3.04. The number of H-pyrrole nitrogens is 1. The molecule has 1 aliphatic carbocycles. The maximum Gasteiger partial charge on any atom is 0.276 e. The van der Waals surface area contributed by atoms with Crippen LogP contribution in [0.1, 0.15) is 34.6 Å². The van der Waals surface area contributed by atoms with E-state index in [-0.39, 0.29) is 12.5 Å². The lowest BCUT2D eigenvalue weighted by molar-refractivity contribution is -0.118. The van der Waals surface area contributed by atoms with Gasteiger partial charge in [-0.05, 0) is 25.7 Å². The molecule has 4 N–H and O–H groups in total. The minimum absolute atomic E-state index is 0.0202. The summed E-state index contributed by atoms with van der Waals surface area (Å²) in [6.45, 7) is -0.0202. The number of carbonyl (C=O) groups is 2. The zero-order chi connectivity index (χ0) is 14.8. The van der Waals surface area contributed by atoms with Gasteiger partial charge in [-0.1, -0.05) is 0 Å². The molecule has 0 aliphatic heterocycles. The summed E-state index contributed by atoms with van der Waals surface area (Å²) in [5.41, 5.74) is 8.09. The summed E-state index contributed by atoms with van der Waals surface area (Å²) in [4.78, 5) is 23.1. The number of amides is 2. The van der Waals surface area contributed by atoms with Crippen LogP contribution in [0.4, 0.5) is 5.69 Å². The maximum atomic E-state index is 12.3. The van der Waals surface area contributed by atoms with Crippen LogP contribution in [0.15, 0.2) is 12.4 Å². The average molecular weight is 288 g/mol. The molecule has 2 aromatic rings. The molecule has 0 aromatic carbocycles. The number of aromatic amines is 1. The van der Waals surface area contributed by atoms with Gasteiger partial charge < -0.3 is 11.1 Å². The summed E-state index contributed by atoms with van der Waals surface area (Å²) < 4.78 is 1.37. The predicted octanol–water partition coefficient (Wildman–Crippen LogP) is 0.223. The number of anilines is 1. The van der Waals surface area contributed by atoms with E-state index in [1.54, 1.807) is 6.20 Å². The van der Waals surface area contributed by atoms with Gasteiger partial charge in [0, 0.05) is 17.5 Å². The first-order valence-electron chi connectivity index (χ1n) is 6.81. The number of aromatic nitrogens is 4. The van der Waals surface area contributed by atoms with Gasteiger partial charge in [0.2, 0.25) is 5.91 Å². The molecule has 0 radical (unpaired) electrons. The second-order valence-corrected chi connectivity index (χ2v) is 5.08. The monoisotopic (exact) mass is 288 g/mol. The van der Waals surface area contributed by atoms with Crippen molar-refractivity contribution in [1.29, 1.82) is 0 Å². The Balaban J connectivity index is 1.73. The van der Waals surface area contributed by atoms with Crippen LogP contribution in [0.2, 0.25) is 0 Å². The number of carbonyl (C=O) groups excluding carboxylic acids is 2.